The van der Waals surface area contributed by atoms with Gasteiger partial charge in [-0.3, -0.25) is 10.1 Å². The first-order valence-corrected chi connectivity index (χ1v) is 3.63. The van der Waals surface area contributed by atoms with Crippen molar-refractivity contribution in [2.45, 2.75) is 6.92 Å². The molecule has 0 aliphatic carbocycles. The fraction of sp³-hybridized carbons (Fsp3) is 0.333. The van der Waals surface area contributed by atoms with Crippen LogP contribution in [0.15, 0.2) is 0 Å². The average Bonchev–Trinajstić information content (AvgIpc) is 2.15. The summed E-state index contributed by atoms with van der Waals surface area (Å²) in [5, 5.41) is 10.6. The van der Waals surface area contributed by atoms with E-state index in [0.717, 1.165) is 0 Å². The number of nitrogens with zero attached hydrogens (tertiary/aromatic N) is 3. The Kier molecular flexibility index (Phi) is 2.77. The third-order valence-electron chi connectivity index (χ3n) is 1.54. The highest BCUT2D eigenvalue weighted by atomic mass is 16.6. The van der Waals surface area contributed by atoms with Crippen LogP contribution in [-0.4, -0.2) is 22.0 Å². The molecule has 1 rings (SSSR count). The molecule has 8 heteroatoms. The fourth-order valence-electron chi connectivity index (χ4n) is 0.952. The maximum absolute atomic E-state index is 10.6. The number of rotatable bonds is 3. The fourth-order valence-corrected chi connectivity index (χ4v) is 0.952. The predicted octanol–water partition coefficient (Wildman–Crippen LogP) is -0.0126. The minimum Gasteiger partial charge on any atom is -0.467 e. The van der Waals surface area contributed by atoms with Gasteiger partial charge in [-0.15, -0.1) is 0 Å². The molecule has 3 N–H and O–H groups in total. The highest BCUT2D eigenvalue weighted by Crippen LogP contribution is 2.25. The van der Waals surface area contributed by atoms with Crippen molar-refractivity contribution < 1.29 is 9.66 Å². The standard InChI is InChI=1S/C6H9N5O3/c1-3-4(11(12)13)5(10-7)9-6(8-3)14-2/h7H2,1-2H3,(H,8,9,10). The summed E-state index contributed by atoms with van der Waals surface area (Å²) in [6.45, 7) is 1.48. The van der Waals surface area contributed by atoms with E-state index < -0.39 is 4.92 Å². The van der Waals surface area contributed by atoms with E-state index in [2.05, 4.69) is 15.4 Å². The number of nitrogens with one attached hydrogen (secondary N) is 1. The van der Waals surface area contributed by atoms with Gasteiger partial charge in [0.1, 0.15) is 5.69 Å². The van der Waals surface area contributed by atoms with Crippen LogP contribution in [0.1, 0.15) is 5.69 Å². The summed E-state index contributed by atoms with van der Waals surface area (Å²) in [7, 11) is 1.36. The van der Waals surface area contributed by atoms with Gasteiger partial charge in [0.25, 0.3) is 0 Å². The second-order valence-electron chi connectivity index (χ2n) is 2.39. The number of nitrogen functional groups attached to an aromatic ring is 1. The molecule has 0 unspecified atom stereocenters. The monoisotopic (exact) mass is 199 g/mol. The zero-order chi connectivity index (χ0) is 10.7. The normalized spacial score (nSPS) is 9.64. The average molecular weight is 199 g/mol. The van der Waals surface area contributed by atoms with Gasteiger partial charge in [0.05, 0.1) is 12.0 Å². The van der Waals surface area contributed by atoms with Crippen LogP contribution in [0, 0.1) is 17.0 Å². The molecule has 1 heterocycles. The highest BCUT2D eigenvalue weighted by molar-refractivity contribution is 5.58. The van der Waals surface area contributed by atoms with Crippen molar-refractivity contribution in [3.05, 3.63) is 15.8 Å². The minimum atomic E-state index is -0.607. The Morgan fingerprint density at radius 2 is 2.21 bits per heavy atom. The molecule has 0 radical (unpaired) electrons. The van der Waals surface area contributed by atoms with Gasteiger partial charge < -0.3 is 10.2 Å². The van der Waals surface area contributed by atoms with Gasteiger partial charge in [-0.25, -0.2) is 5.84 Å². The molecular weight excluding hydrogens is 190 g/mol. The van der Waals surface area contributed by atoms with E-state index in [9.17, 15) is 10.1 Å². The first kappa shape index (κ1) is 10.1. The summed E-state index contributed by atoms with van der Waals surface area (Å²) in [5.74, 6) is 5.01. The first-order valence-electron chi connectivity index (χ1n) is 3.63. The molecule has 0 fully saturated rings. The van der Waals surface area contributed by atoms with Gasteiger partial charge in [-0.05, 0) is 6.92 Å². The summed E-state index contributed by atoms with van der Waals surface area (Å²) < 4.78 is 4.73. The molecule has 0 aromatic carbocycles. The Balaban J connectivity index is 3.34. The van der Waals surface area contributed by atoms with Crippen LogP contribution < -0.4 is 16.0 Å². The van der Waals surface area contributed by atoms with E-state index in [1.165, 1.54) is 14.0 Å². The summed E-state index contributed by atoms with van der Waals surface area (Å²) in [6.07, 6.45) is 0. The molecule has 8 nitrogen and oxygen atoms in total. The lowest BCUT2D eigenvalue weighted by Gasteiger charge is -2.04. The van der Waals surface area contributed by atoms with Crippen LogP contribution in [0.2, 0.25) is 0 Å². The molecule has 14 heavy (non-hydrogen) atoms. The summed E-state index contributed by atoms with van der Waals surface area (Å²) in [4.78, 5) is 17.4. The third kappa shape index (κ3) is 1.69. The summed E-state index contributed by atoms with van der Waals surface area (Å²) >= 11 is 0. The predicted molar refractivity (Wildman–Crippen MR) is 47.8 cm³/mol. The lowest BCUT2D eigenvalue weighted by Crippen LogP contribution is -2.13. The van der Waals surface area contributed by atoms with Gasteiger partial charge in [0.15, 0.2) is 0 Å². The molecule has 0 aliphatic heterocycles. The number of methoxy groups -OCH3 is 1. The molecule has 0 saturated carbocycles. The Labute approximate surface area is 79.2 Å². The second-order valence-corrected chi connectivity index (χ2v) is 2.39. The van der Waals surface area contributed by atoms with Gasteiger partial charge >= 0.3 is 11.7 Å². The lowest BCUT2D eigenvalue weighted by atomic mass is 10.3. The number of aryl methyl sites for hydroxylation is 1. The van der Waals surface area contributed by atoms with Crippen LogP contribution in [0.25, 0.3) is 0 Å². The first-order chi connectivity index (χ1) is 6.60. The number of ether oxygens (including phenoxy) is 1. The molecular formula is C6H9N5O3. The second kappa shape index (κ2) is 3.83. The molecule has 0 spiro atoms. The van der Waals surface area contributed by atoms with E-state index in [-0.39, 0.29) is 23.2 Å². The maximum Gasteiger partial charge on any atom is 0.333 e. The van der Waals surface area contributed by atoms with Gasteiger partial charge in [-0.1, -0.05) is 0 Å². The van der Waals surface area contributed by atoms with Crippen molar-refractivity contribution in [3.8, 4) is 6.01 Å². The van der Waals surface area contributed by atoms with E-state index in [4.69, 9.17) is 10.6 Å². The SMILES string of the molecule is COc1nc(C)c([N+](=O)[O-])c(NN)n1. The molecule has 1 aromatic rings. The number of nitro groups is 1. The largest absolute Gasteiger partial charge is 0.467 e. The van der Waals surface area contributed by atoms with Gasteiger partial charge in [0, 0.05) is 0 Å². The summed E-state index contributed by atoms with van der Waals surface area (Å²) in [5.41, 5.74) is 2.05. The quantitative estimate of drug-likeness (QED) is 0.399. The topological polar surface area (TPSA) is 116 Å². The Bertz CT molecular complexity index is 367. The molecule has 76 valence electrons. The van der Waals surface area contributed by atoms with Crippen molar-refractivity contribution in [1.82, 2.24) is 9.97 Å². The van der Waals surface area contributed by atoms with Crippen LogP contribution in [0.4, 0.5) is 11.5 Å². The Morgan fingerprint density at radius 1 is 1.57 bits per heavy atom. The molecule has 0 atom stereocenters. The van der Waals surface area contributed by atoms with Crippen LogP contribution in [0.5, 0.6) is 6.01 Å². The van der Waals surface area contributed by atoms with Crippen molar-refractivity contribution >= 4 is 11.5 Å². The van der Waals surface area contributed by atoms with E-state index >= 15 is 0 Å². The van der Waals surface area contributed by atoms with Crippen LogP contribution in [-0.2, 0) is 0 Å². The van der Waals surface area contributed by atoms with Crippen molar-refractivity contribution in [2.24, 2.45) is 5.84 Å². The smallest absolute Gasteiger partial charge is 0.333 e. The van der Waals surface area contributed by atoms with Crippen LogP contribution in [0.3, 0.4) is 0 Å². The van der Waals surface area contributed by atoms with E-state index in [0.29, 0.717) is 0 Å². The number of hydrazine groups is 1. The number of aromatic nitrogens is 2. The third-order valence-corrected chi connectivity index (χ3v) is 1.54. The van der Waals surface area contributed by atoms with E-state index in [1.807, 2.05) is 0 Å². The molecule has 0 amide bonds. The summed E-state index contributed by atoms with van der Waals surface area (Å²) in [6, 6.07) is 0.0288. The number of nitrogens with two attached hydrogens (primary N) is 1. The zero-order valence-corrected chi connectivity index (χ0v) is 7.64. The molecule has 0 aliphatic rings. The Morgan fingerprint density at radius 3 is 2.64 bits per heavy atom. The van der Waals surface area contributed by atoms with Crippen molar-refractivity contribution in [1.29, 1.82) is 0 Å². The molecule has 0 saturated heterocycles. The van der Waals surface area contributed by atoms with Gasteiger partial charge in [-0.2, -0.15) is 9.97 Å². The highest BCUT2D eigenvalue weighted by Gasteiger charge is 2.21. The maximum atomic E-state index is 10.6. The van der Waals surface area contributed by atoms with E-state index in [1.54, 1.807) is 0 Å². The van der Waals surface area contributed by atoms with Crippen molar-refractivity contribution in [3.63, 3.8) is 0 Å². The Hall–Kier alpha value is -1.96. The lowest BCUT2D eigenvalue weighted by molar-refractivity contribution is -0.385. The number of anilines is 1. The van der Waals surface area contributed by atoms with Crippen LogP contribution >= 0.6 is 0 Å². The minimum absolute atomic E-state index is 0.0288. The van der Waals surface area contributed by atoms with Gasteiger partial charge in [0.2, 0.25) is 5.82 Å². The van der Waals surface area contributed by atoms with Crippen molar-refractivity contribution in [2.75, 3.05) is 12.5 Å². The number of hydrogen-bond acceptors (Lipinski definition) is 7. The molecule has 1 aromatic heterocycles. The molecule has 0 bridgehead atoms. The number of hydrogen-bond donors (Lipinski definition) is 2. The zero-order valence-electron chi connectivity index (χ0n) is 7.64.